The third-order valence-corrected chi connectivity index (χ3v) is 5.79. The van der Waals surface area contributed by atoms with Gasteiger partial charge in [-0.1, -0.05) is 22.9 Å². The smallest absolute Gasteiger partial charge is 0.241 e. The Balaban J connectivity index is 2.62. The standard InChI is InChI=1S/C13H18Br2N2O3S/c1-3-9(2)17-13(18)6-7-16-21(19,20)12-8-10(14)4-5-11(12)15/h4-5,8-9,16H,3,6-7H2,1-2H3,(H,17,18). The largest absolute Gasteiger partial charge is 0.354 e. The van der Waals surface area contributed by atoms with E-state index in [2.05, 4.69) is 41.9 Å². The van der Waals surface area contributed by atoms with Crippen LogP contribution in [0, 0.1) is 0 Å². The molecule has 0 saturated carbocycles. The molecule has 0 saturated heterocycles. The Labute approximate surface area is 142 Å². The van der Waals surface area contributed by atoms with Crippen molar-refractivity contribution in [2.75, 3.05) is 6.54 Å². The average Bonchev–Trinajstić information content (AvgIpc) is 2.40. The molecule has 0 radical (unpaired) electrons. The van der Waals surface area contributed by atoms with Crippen molar-refractivity contribution in [3.05, 3.63) is 27.1 Å². The molecule has 1 aromatic rings. The van der Waals surface area contributed by atoms with Crippen molar-refractivity contribution in [1.82, 2.24) is 10.0 Å². The zero-order valence-electron chi connectivity index (χ0n) is 11.8. The Morgan fingerprint density at radius 1 is 1.33 bits per heavy atom. The van der Waals surface area contributed by atoms with Crippen LogP contribution in [0.5, 0.6) is 0 Å². The molecular weight excluding hydrogens is 424 g/mol. The molecule has 0 heterocycles. The van der Waals surface area contributed by atoms with Gasteiger partial charge in [0, 0.05) is 28.0 Å². The SMILES string of the molecule is CCC(C)NC(=O)CCNS(=O)(=O)c1cc(Br)ccc1Br. The Morgan fingerprint density at radius 2 is 2.00 bits per heavy atom. The highest BCUT2D eigenvalue weighted by molar-refractivity contribution is 9.11. The monoisotopic (exact) mass is 440 g/mol. The predicted molar refractivity (Wildman–Crippen MR) is 89.5 cm³/mol. The van der Waals surface area contributed by atoms with Crippen LogP contribution >= 0.6 is 31.9 Å². The van der Waals surface area contributed by atoms with Crippen LogP contribution in [0.2, 0.25) is 0 Å². The summed E-state index contributed by atoms with van der Waals surface area (Å²) in [6.45, 7) is 3.93. The first-order valence-corrected chi connectivity index (χ1v) is 9.57. The maximum absolute atomic E-state index is 12.2. The van der Waals surface area contributed by atoms with Gasteiger partial charge in [-0.3, -0.25) is 4.79 Å². The fourth-order valence-electron chi connectivity index (χ4n) is 1.51. The molecule has 8 heteroatoms. The van der Waals surface area contributed by atoms with Crippen LogP contribution in [0.25, 0.3) is 0 Å². The van der Waals surface area contributed by atoms with E-state index in [1.807, 2.05) is 13.8 Å². The van der Waals surface area contributed by atoms with E-state index in [4.69, 9.17) is 0 Å². The van der Waals surface area contributed by atoms with Crippen molar-refractivity contribution in [2.45, 2.75) is 37.6 Å². The zero-order chi connectivity index (χ0) is 16.0. The Kier molecular flexibility index (Phi) is 7.32. The number of carbonyl (C=O) groups excluding carboxylic acids is 1. The average molecular weight is 442 g/mol. The summed E-state index contributed by atoms with van der Waals surface area (Å²) >= 11 is 6.45. The van der Waals surface area contributed by atoms with Gasteiger partial charge in [0.1, 0.15) is 0 Å². The molecule has 0 aliphatic carbocycles. The minimum absolute atomic E-state index is 0.0591. The normalized spacial score (nSPS) is 13.0. The van der Waals surface area contributed by atoms with Gasteiger partial charge in [0.15, 0.2) is 0 Å². The number of sulfonamides is 1. The molecule has 0 aromatic heterocycles. The maximum atomic E-state index is 12.2. The summed E-state index contributed by atoms with van der Waals surface area (Å²) in [7, 11) is -3.65. The molecule has 0 fully saturated rings. The first-order valence-electron chi connectivity index (χ1n) is 6.50. The molecular formula is C13H18Br2N2O3S. The number of carbonyl (C=O) groups is 1. The molecule has 118 valence electrons. The number of hydrogen-bond acceptors (Lipinski definition) is 3. The summed E-state index contributed by atoms with van der Waals surface area (Å²) in [5, 5.41) is 2.79. The number of rotatable bonds is 7. The third kappa shape index (κ3) is 6.06. The lowest BCUT2D eigenvalue weighted by atomic mass is 10.2. The minimum Gasteiger partial charge on any atom is -0.354 e. The fourth-order valence-corrected chi connectivity index (χ4v) is 4.04. The fraction of sp³-hybridized carbons (Fsp3) is 0.462. The van der Waals surface area contributed by atoms with Crippen LogP contribution < -0.4 is 10.0 Å². The summed E-state index contributed by atoms with van der Waals surface area (Å²) < 4.78 is 27.9. The minimum atomic E-state index is -3.65. The van der Waals surface area contributed by atoms with Crippen LogP contribution in [0.3, 0.4) is 0 Å². The lowest BCUT2D eigenvalue weighted by Gasteiger charge is -2.12. The highest BCUT2D eigenvalue weighted by Crippen LogP contribution is 2.25. The second-order valence-corrected chi connectivity index (χ2v) is 8.10. The molecule has 0 bridgehead atoms. The van der Waals surface area contributed by atoms with E-state index in [0.29, 0.717) is 8.95 Å². The Hall–Kier alpha value is -0.440. The topological polar surface area (TPSA) is 75.3 Å². The zero-order valence-corrected chi connectivity index (χ0v) is 15.8. The molecule has 1 rings (SSSR count). The van der Waals surface area contributed by atoms with Crippen molar-refractivity contribution in [3.8, 4) is 0 Å². The second kappa shape index (κ2) is 8.26. The summed E-state index contributed by atoms with van der Waals surface area (Å²) in [4.78, 5) is 11.7. The van der Waals surface area contributed by atoms with Crippen LogP contribution in [-0.2, 0) is 14.8 Å². The van der Waals surface area contributed by atoms with E-state index in [1.54, 1.807) is 12.1 Å². The van der Waals surface area contributed by atoms with Crippen LogP contribution in [0.1, 0.15) is 26.7 Å². The van der Waals surface area contributed by atoms with Crippen LogP contribution in [0.15, 0.2) is 32.0 Å². The molecule has 2 N–H and O–H groups in total. The Bertz CT molecular complexity index is 605. The summed E-state index contributed by atoms with van der Waals surface area (Å²) in [6, 6.07) is 4.98. The summed E-state index contributed by atoms with van der Waals surface area (Å²) in [5.74, 6) is -0.166. The van der Waals surface area contributed by atoms with Crippen molar-refractivity contribution in [1.29, 1.82) is 0 Å². The molecule has 1 atom stereocenters. The number of amides is 1. The van der Waals surface area contributed by atoms with E-state index < -0.39 is 10.0 Å². The molecule has 1 aromatic carbocycles. The van der Waals surface area contributed by atoms with E-state index in [1.165, 1.54) is 6.07 Å². The van der Waals surface area contributed by atoms with Gasteiger partial charge >= 0.3 is 0 Å². The lowest BCUT2D eigenvalue weighted by molar-refractivity contribution is -0.121. The number of benzene rings is 1. The van der Waals surface area contributed by atoms with E-state index in [0.717, 1.165) is 6.42 Å². The number of halogens is 2. The van der Waals surface area contributed by atoms with Gasteiger partial charge < -0.3 is 5.32 Å². The molecule has 0 aliphatic rings. The van der Waals surface area contributed by atoms with Crippen LogP contribution in [0.4, 0.5) is 0 Å². The lowest BCUT2D eigenvalue weighted by Crippen LogP contribution is -2.35. The van der Waals surface area contributed by atoms with Gasteiger partial charge in [-0.25, -0.2) is 13.1 Å². The Morgan fingerprint density at radius 3 is 2.62 bits per heavy atom. The number of hydrogen-bond donors (Lipinski definition) is 2. The molecule has 1 unspecified atom stereocenters. The quantitative estimate of drug-likeness (QED) is 0.682. The second-order valence-electron chi connectivity index (χ2n) is 4.60. The van der Waals surface area contributed by atoms with Gasteiger partial charge in [0.25, 0.3) is 0 Å². The molecule has 1 amide bonds. The molecule has 0 aliphatic heterocycles. The van der Waals surface area contributed by atoms with E-state index in [9.17, 15) is 13.2 Å². The highest BCUT2D eigenvalue weighted by atomic mass is 79.9. The van der Waals surface area contributed by atoms with Crippen LogP contribution in [-0.4, -0.2) is 26.9 Å². The van der Waals surface area contributed by atoms with Crippen molar-refractivity contribution in [2.24, 2.45) is 0 Å². The van der Waals surface area contributed by atoms with Gasteiger partial charge in [0.05, 0.1) is 4.90 Å². The molecule has 0 spiro atoms. The number of nitrogens with one attached hydrogen (secondary N) is 2. The summed E-state index contributed by atoms with van der Waals surface area (Å²) in [5.41, 5.74) is 0. The van der Waals surface area contributed by atoms with E-state index in [-0.39, 0.29) is 29.8 Å². The van der Waals surface area contributed by atoms with Gasteiger partial charge in [-0.2, -0.15) is 0 Å². The molecule has 21 heavy (non-hydrogen) atoms. The van der Waals surface area contributed by atoms with E-state index >= 15 is 0 Å². The third-order valence-electron chi connectivity index (χ3n) is 2.85. The van der Waals surface area contributed by atoms with Crippen molar-refractivity contribution >= 4 is 47.8 Å². The molecule has 5 nitrogen and oxygen atoms in total. The summed E-state index contributed by atoms with van der Waals surface area (Å²) in [6.07, 6.45) is 0.942. The first-order chi connectivity index (χ1) is 9.76. The van der Waals surface area contributed by atoms with Gasteiger partial charge in [-0.05, 0) is 47.5 Å². The van der Waals surface area contributed by atoms with Gasteiger partial charge in [0.2, 0.25) is 15.9 Å². The van der Waals surface area contributed by atoms with Gasteiger partial charge in [-0.15, -0.1) is 0 Å². The first kappa shape index (κ1) is 18.6. The van der Waals surface area contributed by atoms with Crippen molar-refractivity contribution in [3.63, 3.8) is 0 Å². The van der Waals surface area contributed by atoms with Crippen molar-refractivity contribution < 1.29 is 13.2 Å². The maximum Gasteiger partial charge on any atom is 0.241 e. The predicted octanol–water partition coefficient (Wildman–Crippen LogP) is 2.79. The highest BCUT2D eigenvalue weighted by Gasteiger charge is 2.18.